The molecule has 0 spiro atoms. The van der Waals surface area contributed by atoms with Crippen LogP contribution in [0, 0.1) is 0 Å². The van der Waals surface area contributed by atoms with Gasteiger partial charge in [-0.15, -0.1) is 11.3 Å². The minimum Gasteiger partial charge on any atom is -0.497 e. The van der Waals surface area contributed by atoms with Crippen LogP contribution in [0.25, 0.3) is 0 Å². The number of hydrogen-bond donors (Lipinski definition) is 1. The second-order valence-corrected chi connectivity index (χ2v) is 7.00. The molecule has 0 fully saturated rings. The summed E-state index contributed by atoms with van der Waals surface area (Å²) in [6.45, 7) is 2.13. The molecule has 1 N–H and O–H groups in total. The molecular weight excluding hydrogens is 350 g/mol. The van der Waals surface area contributed by atoms with Crippen LogP contribution < -0.4 is 9.47 Å². The maximum absolute atomic E-state index is 10.4. The molecule has 0 saturated carbocycles. The number of benzene rings is 1. The zero-order chi connectivity index (χ0) is 18.2. The molecule has 0 aliphatic rings. The summed E-state index contributed by atoms with van der Waals surface area (Å²) in [5.74, 6) is 2.36. The van der Waals surface area contributed by atoms with Gasteiger partial charge in [-0.1, -0.05) is 6.07 Å². The first-order valence-corrected chi connectivity index (χ1v) is 9.33. The lowest BCUT2D eigenvalue weighted by atomic mass is 10.3. The molecule has 0 aliphatic carbocycles. The van der Waals surface area contributed by atoms with E-state index in [4.69, 9.17) is 13.9 Å². The highest BCUT2D eigenvalue weighted by molar-refractivity contribution is 7.09. The normalized spacial score (nSPS) is 12.3. The maximum atomic E-state index is 10.4. The molecule has 0 bridgehead atoms. The van der Waals surface area contributed by atoms with E-state index in [2.05, 4.69) is 16.3 Å². The SMILES string of the molecule is COc1ccc(OC[C@H](O)CN(Cc2ccco2)Cc2cccs2)cc1. The molecule has 0 unspecified atom stereocenters. The number of ether oxygens (including phenoxy) is 2. The van der Waals surface area contributed by atoms with Crippen molar-refractivity contribution in [3.05, 3.63) is 70.8 Å². The fraction of sp³-hybridized carbons (Fsp3) is 0.300. The second kappa shape index (κ2) is 9.43. The largest absolute Gasteiger partial charge is 0.497 e. The summed E-state index contributed by atoms with van der Waals surface area (Å²) in [7, 11) is 1.63. The minimum absolute atomic E-state index is 0.228. The Bertz CT molecular complexity index is 704. The molecule has 0 radical (unpaired) electrons. The Morgan fingerprint density at radius 3 is 2.54 bits per heavy atom. The van der Waals surface area contributed by atoms with Gasteiger partial charge in [-0.05, 0) is 47.8 Å². The average Bonchev–Trinajstić information content (AvgIpc) is 3.34. The molecule has 3 rings (SSSR count). The van der Waals surface area contributed by atoms with Gasteiger partial charge in [0.15, 0.2) is 0 Å². The van der Waals surface area contributed by atoms with Gasteiger partial charge in [-0.25, -0.2) is 0 Å². The standard InChI is InChI=1S/C20H23NO4S/c1-23-17-6-8-18(9-7-17)25-15-16(22)12-21(13-19-4-2-10-24-19)14-20-5-3-11-26-20/h2-11,16,22H,12-15H2,1H3/t16-/m1/s1. The fourth-order valence-electron chi connectivity index (χ4n) is 2.65. The summed E-state index contributed by atoms with van der Waals surface area (Å²) in [6, 6.07) is 15.3. The molecule has 1 aromatic carbocycles. The quantitative estimate of drug-likeness (QED) is 0.586. The molecule has 3 aromatic rings. The van der Waals surface area contributed by atoms with Crippen molar-refractivity contribution in [3.8, 4) is 11.5 Å². The van der Waals surface area contributed by atoms with E-state index >= 15 is 0 Å². The number of methoxy groups -OCH3 is 1. The first-order valence-electron chi connectivity index (χ1n) is 8.45. The van der Waals surface area contributed by atoms with Crippen molar-refractivity contribution < 1.29 is 19.0 Å². The van der Waals surface area contributed by atoms with E-state index < -0.39 is 6.10 Å². The van der Waals surface area contributed by atoms with Crippen LogP contribution in [0.3, 0.4) is 0 Å². The third-order valence-corrected chi connectivity index (χ3v) is 4.75. The molecule has 0 saturated heterocycles. The van der Waals surface area contributed by atoms with Crippen LogP contribution in [0.1, 0.15) is 10.6 Å². The Balaban J connectivity index is 1.54. The molecule has 138 valence electrons. The van der Waals surface area contributed by atoms with E-state index in [9.17, 15) is 5.11 Å². The van der Waals surface area contributed by atoms with E-state index in [0.717, 1.165) is 18.1 Å². The molecule has 26 heavy (non-hydrogen) atoms. The van der Waals surface area contributed by atoms with Gasteiger partial charge >= 0.3 is 0 Å². The van der Waals surface area contributed by atoms with Gasteiger partial charge in [0.1, 0.15) is 30.0 Å². The zero-order valence-electron chi connectivity index (χ0n) is 14.7. The van der Waals surface area contributed by atoms with E-state index in [1.54, 1.807) is 24.7 Å². The molecule has 6 heteroatoms. The summed E-state index contributed by atoms with van der Waals surface area (Å²) in [4.78, 5) is 3.41. The van der Waals surface area contributed by atoms with E-state index in [1.165, 1.54) is 4.88 Å². The molecule has 2 aromatic heterocycles. The lowest BCUT2D eigenvalue weighted by Gasteiger charge is -2.24. The van der Waals surface area contributed by atoms with Crippen molar-refractivity contribution in [2.24, 2.45) is 0 Å². The Hall–Kier alpha value is -2.28. The third-order valence-electron chi connectivity index (χ3n) is 3.89. The van der Waals surface area contributed by atoms with Crippen LogP contribution in [0.15, 0.2) is 64.6 Å². The summed E-state index contributed by atoms with van der Waals surface area (Å²) in [5, 5.41) is 12.5. The van der Waals surface area contributed by atoms with Crippen molar-refractivity contribution in [2.45, 2.75) is 19.2 Å². The molecular formula is C20H23NO4S. The summed E-state index contributed by atoms with van der Waals surface area (Å²) in [6.07, 6.45) is 1.06. The van der Waals surface area contributed by atoms with Crippen molar-refractivity contribution in [1.29, 1.82) is 0 Å². The fourth-order valence-corrected chi connectivity index (χ4v) is 3.39. The van der Waals surface area contributed by atoms with E-state index in [1.807, 2.05) is 42.5 Å². The Morgan fingerprint density at radius 2 is 1.88 bits per heavy atom. The topological polar surface area (TPSA) is 55.1 Å². The summed E-state index contributed by atoms with van der Waals surface area (Å²) in [5.41, 5.74) is 0. The van der Waals surface area contributed by atoms with Crippen LogP contribution in [0.2, 0.25) is 0 Å². The summed E-state index contributed by atoms with van der Waals surface area (Å²) < 4.78 is 16.3. The van der Waals surface area contributed by atoms with Gasteiger partial charge < -0.3 is 19.0 Å². The lowest BCUT2D eigenvalue weighted by molar-refractivity contribution is 0.0608. The van der Waals surface area contributed by atoms with Crippen LogP contribution in [0.5, 0.6) is 11.5 Å². The highest BCUT2D eigenvalue weighted by Gasteiger charge is 2.15. The lowest BCUT2D eigenvalue weighted by Crippen LogP contribution is -2.34. The van der Waals surface area contributed by atoms with Crippen molar-refractivity contribution >= 4 is 11.3 Å². The molecule has 0 amide bonds. The minimum atomic E-state index is -0.605. The van der Waals surface area contributed by atoms with Crippen LogP contribution in [-0.4, -0.2) is 36.4 Å². The van der Waals surface area contributed by atoms with Gasteiger partial charge in [0.2, 0.25) is 0 Å². The van der Waals surface area contributed by atoms with Gasteiger partial charge in [0.05, 0.1) is 19.9 Å². The number of rotatable bonds is 10. The highest BCUT2D eigenvalue weighted by atomic mass is 32.1. The number of aliphatic hydroxyl groups excluding tert-OH is 1. The van der Waals surface area contributed by atoms with Crippen LogP contribution in [-0.2, 0) is 13.1 Å². The second-order valence-electron chi connectivity index (χ2n) is 5.97. The Kier molecular flexibility index (Phi) is 6.71. The number of nitrogens with zero attached hydrogens (tertiary/aromatic N) is 1. The predicted molar refractivity (Wildman–Crippen MR) is 102 cm³/mol. The monoisotopic (exact) mass is 373 g/mol. The first kappa shape index (κ1) is 18.5. The van der Waals surface area contributed by atoms with E-state index in [-0.39, 0.29) is 6.61 Å². The smallest absolute Gasteiger partial charge is 0.119 e. The van der Waals surface area contributed by atoms with Gasteiger partial charge in [0, 0.05) is 18.0 Å². The number of thiophene rings is 1. The van der Waals surface area contributed by atoms with Crippen molar-refractivity contribution in [2.75, 3.05) is 20.3 Å². The third kappa shape index (κ3) is 5.62. The average molecular weight is 373 g/mol. The van der Waals surface area contributed by atoms with Crippen molar-refractivity contribution in [1.82, 2.24) is 4.90 Å². The van der Waals surface area contributed by atoms with Crippen LogP contribution in [0.4, 0.5) is 0 Å². The first-order chi connectivity index (χ1) is 12.7. The molecule has 0 aliphatic heterocycles. The van der Waals surface area contributed by atoms with Gasteiger partial charge in [-0.2, -0.15) is 0 Å². The maximum Gasteiger partial charge on any atom is 0.119 e. The zero-order valence-corrected chi connectivity index (χ0v) is 15.5. The molecule has 2 heterocycles. The number of furan rings is 1. The Labute approximate surface area is 157 Å². The molecule has 5 nitrogen and oxygen atoms in total. The molecule has 1 atom stereocenters. The Morgan fingerprint density at radius 1 is 1.08 bits per heavy atom. The van der Waals surface area contributed by atoms with Crippen LogP contribution >= 0.6 is 11.3 Å². The van der Waals surface area contributed by atoms with Gasteiger partial charge in [-0.3, -0.25) is 4.90 Å². The number of aliphatic hydroxyl groups is 1. The van der Waals surface area contributed by atoms with Gasteiger partial charge in [0.25, 0.3) is 0 Å². The van der Waals surface area contributed by atoms with E-state index in [0.29, 0.717) is 18.8 Å². The highest BCUT2D eigenvalue weighted by Crippen LogP contribution is 2.18. The predicted octanol–water partition coefficient (Wildman–Crippen LogP) is 3.79. The number of hydrogen-bond acceptors (Lipinski definition) is 6. The van der Waals surface area contributed by atoms with Crippen molar-refractivity contribution in [3.63, 3.8) is 0 Å². The summed E-state index contributed by atoms with van der Waals surface area (Å²) >= 11 is 1.71.